The summed E-state index contributed by atoms with van der Waals surface area (Å²) >= 11 is 0. The first-order valence-electron chi connectivity index (χ1n) is 9.44. The third-order valence-corrected chi connectivity index (χ3v) is 5.31. The SMILES string of the molecule is Cc1cn2cc(-c3ccc4nc(C5=CCN(C)CC5)cc(=O)n4c3)ccc2n1. The van der Waals surface area contributed by atoms with Crippen LogP contribution in [0.1, 0.15) is 17.8 Å². The van der Waals surface area contributed by atoms with Crippen LogP contribution < -0.4 is 5.56 Å². The Bertz CT molecular complexity index is 1300. The molecule has 4 aromatic rings. The lowest BCUT2D eigenvalue weighted by molar-refractivity contribution is 0.369. The maximum atomic E-state index is 12.8. The fraction of sp³-hybridized carbons (Fsp3) is 0.227. The van der Waals surface area contributed by atoms with Crippen molar-refractivity contribution in [2.75, 3.05) is 20.1 Å². The molecule has 5 rings (SSSR count). The van der Waals surface area contributed by atoms with Gasteiger partial charge in [-0.3, -0.25) is 9.20 Å². The number of aromatic nitrogens is 4. The molecule has 0 fully saturated rings. The first kappa shape index (κ1) is 16.9. The van der Waals surface area contributed by atoms with E-state index < -0.39 is 0 Å². The molecule has 4 aromatic heterocycles. The molecular weight excluding hydrogens is 350 g/mol. The van der Waals surface area contributed by atoms with Crippen molar-refractivity contribution in [3.8, 4) is 11.1 Å². The minimum absolute atomic E-state index is 0.0544. The van der Waals surface area contributed by atoms with Crippen LogP contribution >= 0.6 is 0 Å². The molecular formula is C22H21N5O. The van der Waals surface area contributed by atoms with Crippen molar-refractivity contribution in [1.82, 2.24) is 23.7 Å². The van der Waals surface area contributed by atoms with Gasteiger partial charge in [0.2, 0.25) is 0 Å². The number of likely N-dealkylation sites (N-methyl/N-ethyl adjacent to an activating group) is 1. The van der Waals surface area contributed by atoms with Gasteiger partial charge in [0, 0.05) is 43.3 Å². The van der Waals surface area contributed by atoms with Crippen molar-refractivity contribution in [3.05, 3.63) is 76.7 Å². The van der Waals surface area contributed by atoms with Gasteiger partial charge in [0.25, 0.3) is 5.56 Å². The van der Waals surface area contributed by atoms with E-state index in [9.17, 15) is 4.79 Å². The molecule has 6 heteroatoms. The Kier molecular flexibility index (Phi) is 3.87. The number of imidazole rings is 1. The molecule has 0 saturated heterocycles. The second-order valence-electron chi connectivity index (χ2n) is 7.43. The predicted molar refractivity (Wildman–Crippen MR) is 110 cm³/mol. The summed E-state index contributed by atoms with van der Waals surface area (Å²) in [5.41, 5.74) is 6.45. The Hall–Kier alpha value is -3.25. The van der Waals surface area contributed by atoms with Gasteiger partial charge in [-0.1, -0.05) is 6.08 Å². The highest BCUT2D eigenvalue weighted by Gasteiger charge is 2.13. The lowest BCUT2D eigenvalue weighted by Gasteiger charge is -2.21. The number of hydrogen-bond acceptors (Lipinski definition) is 4. The molecule has 0 aliphatic carbocycles. The van der Waals surface area contributed by atoms with Crippen LogP contribution in [0.3, 0.4) is 0 Å². The summed E-state index contributed by atoms with van der Waals surface area (Å²) in [5.74, 6) is 0. The fourth-order valence-corrected chi connectivity index (χ4v) is 3.73. The van der Waals surface area contributed by atoms with Gasteiger partial charge < -0.3 is 9.30 Å². The number of fused-ring (bicyclic) bond motifs is 2. The predicted octanol–water partition coefficient (Wildman–Crippen LogP) is 3.04. The Labute approximate surface area is 162 Å². The molecule has 0 atom stereocenters. The summed E-state index contributed by atoms with van der Waals surface area (Å²) in [7, 11) is 2.10. The Morgan fingerprint density at radius 2 is 1.75 bits per heavy atom. The van der Waals surface area contributed by atoms with Gasteiger partial charge >= 0.3 is 0 Å². The van der Waals surface area contributed by atoms with E-state index in [1.54, 1.807) is 10.5 Å². The first-order valence-corrected chi connectivity index (χ1v) is 9.44. The Morgan fingerprint density at radius 1 is 0.964 bits per heavy atom. The molecule has 1 aliphatic heterocycles. The molecule has 0 radical (unpaired) electrons. The maximum absolute atomic E-state index is 12.8. The van der Waals surface area contributed by atoms with Crippen LogP contribution in [0.25, 0.3) is 28.0 Å². The number of rotatable bonds is 2. The van der Waals surface area contributed by atoms with Crippen LogP contribution in [0.2, 0.25) is 0 Å². The van der Waals surface area contributed by atoms with Gasteiger partial charge in [-0.2, -0.15) is 0 Å². The van der Waals surface area contributed by atoms with E-state index >= 15 is 0 Å². The molecule has 6 nitrogen and oxygen atoms in total. The molecule has 28 heavy (non-hydrogen) atoms. The third kappa shape index (κ3) is 2.92. The van der Waals surface area contributed by atoms with Gasteiger partial charge in [0.05, 0.1) is 11.4 Å². The molecule has 0 unspecified atom stereocenters. The second-order valence-corrected chi connectivity index (χ2v) is 7.43. The average molecular weight is 371 g/mol. The zero-order valence-corrected chi connectivity index (χ0v) is 16.0. The number of nitrogens with zero attached hydrogens (tertiary/aromatic N) is 5. The molecule has 0 bridgehead atoms. The largest absolute Gasteiger partial charge is 0.306 e. The maximum Gasteiger partial charge on any atom is 0.258 e. The summed E-state index contributed by atoms with van der Waals surface area (Å²) in [6.07, 6.45) is 8.98. The highest BCUT2D eigenvalue weighted by Crippen LogP contribution is 2.22. The average Bonchev–Trinajstić information content (AvgIpc) is 3.07. The molecule has 5 heterocycles. The van der Waals surface area contributed by atoms with Crippen molar-refractivity contribution < 1.29 is 0 Å². The summed E-state index contributed by atoms with van der Waals surface area (Å²) in [6.45, 7) is 3.86. The van der Waals surface area contributed by atoms with E-state index in [1.807, 2.05) is 54.2 Å². The molecule has 1 aliphatic rings. The van der Waals surface area contributed by atoms with Crippen molar-refractivity contribution >= 4 is 16.9 Å². The smallest absolute Gasteiger partial charge is 0.258 e. The van der Waals surface area contributed by atoms with E-state index in [1.165, 1.54) is 0 Å². The van der Waals surface area contributed by atoms with E-state index in [0.717, 1.165) is 53.2 Å². The summed E-state index contributed by atoms with van der Waals surface area (Å²) in [4.78, 5) is 24.2. The summed E-state index contributed by atoms with van der Waals surface area (Å²) in [5, 5.41) is 0. The van der Waals surface area contributed by atoms with Gasteiger partial charge in [-0.15, -0.1) is 0 Å². The quantitative estimate of drug-likeness (QED) is 0.543. The Morgan fingerprint density at radius 3 is 2.54 bits per heavy atom. The van der Waals surface area contributed by atoms with Crippen LogP contribution in [0.4, 0.5) is 0 Å². The highest BCUT2D eigenvalue weighted by molar-refractivity contribution is 5.68. The van der Waals surface area contributed by atoms with Gasteiger partial charge in [-0.25, -0.2) is 9.97 Å². The van der Waals surface area contributed by atoms with Crippen molar-refractivity contribution in [1.29, 1.82) is 0 Å². The molecule has 0 aromatic carbocycles. The van der Waals surface area contributed by atoms with Crippen LogP contribution in [0, 0.1) is 6.92 Å². The standard InChI is InChI=1S/C22H21N5O/c1-15-12-26-13-17(3-5-20(26)23-15)18-4-6-21-24-19(11-22(28)27(21)14-18)16-7-9-25(2)10-8-16/h3-7,11-14H,8-10H2,1-2H3. The first-order chi connectivity index (χ1) is 13.6. The third-order valence-electron chi connectivity index (χ3n) is 5.31. The van der Waals surface area contributed by atoms with Crippen LogP contribution in [0.5, 0.6) is 0 Å². The van der Waals surface area contributed by atoms with E-state index in [-0.39, 0.29) is 5.56 Å². The number of aryl methyl sites for hydroxylation is 1. The molecule has 0 saturated carbocycles. The topological polar surface area (TPSA) is 54.9 Å². The minimum Gasteiger partial charge on any atom is -0.306 e. The number of pyridine rings is 2. The van der Waals surface area contributed by atoms with Gasteiger partial charge in [0.1, 0.15) is 11.3 Å². The van der Waals surface area contributed by atoms with E-state index in [4.69, 9.17) is 4.98 Å². The lowest BCUT2D eigenvalue weighted by Crippen LogP contribution is -2.24. The summed E-state index contributed by atoms with van der Waals surface area (Å²) in [6, 6.07) is 9.59. The van der Waals surface area contributed by atoms with Crippen LogP contribution in [-0.2, 0) is 0 Å². The van der Waals surface area contributed by atoms with Crippen LogP contribution in [-0.4, -0.2) is 43.8 Å². The van der Waals surface area contributed by atoms with Gasteiger partial charge in [-0.05, 0) is 55.8 Å². The number of hydrogen-bond donors (Lipinski definition) is 0. The molecule has 0 amide bonds. The normalized spacial score (nSPS) is 15.3. The molecule has 0 N–H and O–H groups in total. The highest BCUT2D eigenvalue weighted by atomic mass is 16.1. The van der Waals surface area contributed by atoms with Gasteiger partial charge in [0.15, 0.2) is 0 Å². The minimum atomic E-state index is -0.0544. The lowest BCUT2D eigenvalue weighted by atomic mass is 10.0. The zero-order valence-electron chi connectivity index (χ0n) is 16.0. The summed E-state index contributed by atoms with van der Waals surface area (Å²) < 4.78 is 3.63. The fourth-order valence-electron chi connectivity index (χ4n) is 3.73. The van der Waals surface area contributed by atoms with E-state index in [0.29, 0.717) is 5.65 Å². The van der Waals surface area contributed by atoms with Crippen molar-refractivity contribution in [2.24, 2.45) is 0 Å². The molecule has 140 valence electrons. The van der Waals surface area contributed by atoms with Crippen molar-refractivity contribution in [2.45, 2.75) is 13.3 Å². The second kappa shape index (κ2) is 6.42. The van der Waals surface area contributed by atoms with E-state index in [2.05, 4.69) is 23.0 Å². The zero-order chi connectivity index (χ0) is 19.3. The van der Waals surface area contributed by atoms with Crippen LogP contribution in [0.15, 0.2) is 59.8 Å². The van der Waals surface area contributed by atoms with Crippen molar-refractivity contribution in [3.63, 3.8) is 0 Å². The monoisotopic (exact) mass is 371 g/mol. The Balaban J connectivity index is 1.58. The molecule has 0 spiro atoms.